The Kier molecular flexibility index (Phi) is 6.19. The Labute approximate surface area is 120 Å². The molecule has 0 aromatic carbocycles. The number of halogens is 3. The molecule has 0 saturated carbocycles. The van der Waals surface area contributed by atoms with Gasteiger partial charge in [0, 0.05) is 31.4 Å². The van der Waals surface area contributed by atoms with Gasteiger partial charge in [-0.05, 0) is 13.8 Å². The Morgan fingerprint density at radius 2 is 1.95 bits per heavy atom. The van der Waals surface area contributed by atoms with Crippen LogP contribution in [0, 0.1) is 6.92 Å². The highest BCUT2D eigenvalue weighted by Crippen LogP contribution is 2.18. The first-order valence-electron chi connectivity index (χ1n) is 6.47. The molecule has 0 bridgehead atoms. The van der Waals surface area contributed by atoms with Crippen LogP contribution in [0.5, 0.6) is 0 Å². The van der Waals surface area contributed by atoms with E-state index in [-0.39, 0.29) is 13.1 Å². The summed E-state index contributed by atoms with van der Waals surface area (Å²) in [5, 5.41) is 8.06. The predicted molar refractivity (Wildman–Crippen MR) is 73.1 cm³/mol. The standard InChI is InChI=1S/C12H18F3N5O/c1-3-16-11-19-8(2)6-9(20-11)17-4-5-18-10(21)7-12(13,14)15/h6H,3-5,7H2,1-2H3,(H,18,21)(H2,16,17,19,20). The van der Waals surface area contributed by atoms with Gasteiger partial charge in [0.2, 0.25) is 11.9 Å². The number of amides is 1. The van der Waals surface area contributed by atoms with Crippen molar-refractivity contribution in [1.29, 1.82) is 0 Å². The maximum Gasteiger partial charge on any atom is 0.397 e. The van der Waals surface area contributed by atoms with Crippen molar-refractivity contribution in [2.45, 2.75) is 26.4 Å². The number of hydrogen-bond acceptors (Lipinski definition) is 5. The Hall–Kier alpha value is -2.06. The molecule has 0 aliphatic carbocycles. The lowest BCUT2D eigenvalue weighted by Gasteiger charge is -2.10. The molecular weight excluding hydrogens is 287 g/mol. The number of hydrogen-bond donors (Lipinski definition) is 3. The van der Waals surface area contributed by atoms with Gasteiger partial charge in [0.25, 0.3) is 0 Å². The normalized spacial score (nSPS) is 11.1. The molecule has 0 aliphatic heterocycles. The fourth-order valence-corrected chi connectivity index (χ4v) is 1.53. The molecule has 6 nitrogen and oxygen atoms in total. The van der Waals surface area contributed by atoms with Crippen LogP contribution >= 0.6 is 0 Å². The van der Waals surface area contributed by atoms with Crippen molar-refractivity contribution in [3.05, 3.63) is 11.8 Å². The van der Waals surface area contributed by atoms with Gasteiger partial charge in [-0.2, -0.15) is 18.2 Å². The van der Waals surface area contributed by atoms with Gasteiger partial charge in [-0.15, -0.1) is 0 Å². The van der Waals surface area contributed by atoms with Crippen molar-refractivity contribution in [1.82, 2.24) is 15.3 Å². The number of carbonyl (C=O) groups is 1. The summed E-state index contributed by atoms with van der Waals surface area (Å²) in [5.74, 6) is -0.0267. The zero-order valence-corrected chi connectivity index (χ0v) is 11.8. The molecule has 1 rings (SSSR count). The molecule has 0 unspecified atom stereocenters. The minimum absolute atomic E-state index is 0.0779. The molecule has 3 N–H and O–H groups in total. The first-order chi connectivity index (χ1) is 9.80. The fourth-order valence-electron chi connectivity index (χ4n) is 1.53. The minimum atomic E-state index is -4.48. The molecule has 0 aliphatic rings. The molecule has 118 valence electrons. The lowest BCUT2D eigenvalue weighted by atomic mass is 10.4. The molecule has 0 saturated heterocycles. The van der Waals surface area contributed by atoms with E-state index in [0.717, 1.165) is 5.69 Å². The highest BCUT2D eigenvalue weighted by Gasteiger charge is 2.30. The van der Waals surface area contributed by atoms with Gasteiger partial charge in [-0.25, -0.2) is 4.98 Å². The summed E-state index contributed by atoms with van der Waals surface area (Å²) in [5.41, 5.74) is 0.754. The SMILES string of the molecule is CCNc1nc(C)cc(NCCNC(=O)CC(F)(F)F)n1. The zero-order chi connectivity index (χ0) is 15.9. The van der Waals surface area contributed by atoms with Crippen LogP contribution < -0.4 is 16.0 Å². The summed E-state index contributed by atoms with van der Waals surface area (Å²) >= 11 is 0. The number of nitrogens with zero attached hydrogens (tertiary/aromatic N) is 2. The van der Waals surface area contributed by atoms with Crippen molar-refractivity contribution in [3.8, 4) is 0 Å². The number of carbonyl (C=O) groups excluding carboxylic acids is 1. The van der Waals surface area contributed by atoms with Gasteiger partial charge < -0.3 is 16.0 Å². The number of rotatable bonds is 7. The van der Waals surface area contributed by atoms with Crippen LogP contribution in [0.3, 0.4) is 0 Å². The van der Waals surface area contributed by atoms with E-state index in [1.165, 1.54) is 0 Å². The summed E-state index contributed by atoms with van der Waals surface area (Å²) in [6, 6.07) is 1.71. The third-order valence-corrected chi connectivity index (χ3v) is 2.30. The van der Waals surface area contributed by atoms with E-state index in [1.807, 2.05) is 6.92 Å². The van der Waals surface area contributed by atoms with E-state index >= 15 is 0 Å². The van der Waals surface area contributed by atoms with Crippen LogP contribution in [0.2, 0.25) is 0 Å². The quantitative estimate of drug-likeness (QED) is 0.668. The van der Waals surface area contributed by atoms with Crippen molar-refractivity contribution < 1.29 is 18.0 Å². The molecule has 1 aromatic heterocycles. The molecule has 21 heavy (non-hydrogen) atoms. The van der Waals surface area contributed by atoms with E-state index in [9.17, 15) is 18.0 Å². The minimum Gasteiger partial charge on any atom is -0.368 e. The monoisotopic (exact) mass is 305 g/mol. The summed E-state index contributed by atoms with van der Waals surface area (Å²) in [4.78, 5) is 19.3. The van der Waals surface area contributed by atoms with E-state index < -0.39 is 18.5 Å². The Balaban J connectivity index is 2.37. The molecule has 0 fully saturated rings. The molecule has 1 amide bonds. The molecule has 0 radical (unpaired) electrons. The van der Waals surface area contributed by atoms with Gasteiger partial charge in [-0.3, -0.25) is 4.79 Å². The van der Waals surface area contributed by atoms with Crippen molar-refractivity contribution in [3.63, 3.8) is 0 Å². The number of anilines is 2. The first kappa shape index (κ1) is 17.0. The van der Waals surface area contributed by atoms with Crippen LogP contribution in [0.15, 0.2) is 6.07 Å². The van der Waals surface area contributed by atoms with Gasteiger partial charge in [0.05, 0.1) is 0 Å². The second-order valence-corrected chi connectivity index (χ2v) is 4.32. The molecule has 1 aromatic rings. The third-order valence-electron chi connectivity index (χ3n) is 2.30. The van der Waals surface area contributed by atoms with E-state index in [4.69, 9.17) is 0 Å². The Bertz CT molecular complexity index is 478. The average Bonchev–Trinajstić information content (AvgIpc) is 2.32. The number of nitrogens with one attached hydrogen (secondary N) is 3. The van der Waals surface area contributed by atoms with Crippen LogP contribution in [0.25, 0.3) is 0 Å². The summed E-state index contributed by atoms with van der Waals surface area (Å²) in [6.45, 7) is 4.74. The molecule has 1 heterocycles. The van der Waals surface area contributed by atoms with E-state index in [2.05, 4.69) is 25.9 Å². The second kappa shape index (κ2) is 7.65. The van der Waals surface area contributed by atoms with Crippen molar-refractivity contribution >= 4 is 17.7 Å². The number of aryl methyl sites for hydroxylation is 1. The second-order valence-electron chi connectivity index (χ2n) is 4.32. The lowest BCUT2D eigenvalue weighted by molar-refractivity contribution is -0.153. The Morgan fingerprint density at radius 3 is 2.57 bits per heavy atom. The van der Waals surface area contributed by atoms with E-state index in [0.29, 0.717) is 18.3 Å². The maximum absolute atomic E-state index is 11.9. The predicted octanol–water partition coefficient (Wildman–Crippen LogP) is 1.70. The van der Waals surface area contributed by atoms with Gasteiger partial charge in [0.15, 0.2) is 0 Å². The maximum atomic E-state index is 11.9. The topological polar surface area (TPSA) is 78.9 Å². The van der Waals surface area contributed by atoms with Crippen LogP contribution in [-0.4, -0.2) is 41.7 Å². The largest absolute Gasteiger partial charge is 0.397 e. The zero-order valence-electron chi connectivity index (χ0n) is 11.8. The molecule has 0 spiro atoms. The number of aromatic nitrogens is 2. The highest BCUT2D eigenvalue weighted by molar-refractivity contribution is 5.76. The van der Waals surface area contributed by atoms with Crippen molar-refractivity contribution in [2.24, 2.45) is 0 Å². The summed E-state index contributed by atoms with van der Waals surface area (Å²) < 4.78 is 35.8. The highest BCUT2D eigenvalue weighted by atomic mass is 19.4. The average molecular weight is 305 g/mol. The smallest absolute Gasteiger partial charge is 0.368 e. The van der Waals surface area contributed by atoms with Crippen LogP contribution in [0.1, 0.15) is 19.0 Å². The third kappa shape index (κ3) is 7.33. The summed E-state index contributed by atoms with van der Waals surface area (Å²) in [6.07, 6.45) is -5.95. The molecular formula is C12H18F3N5O. The molecule has 9 heteroatoms. The van der Waals surface area contributed by atoms with Crippen LogP contribution in [-0.2, 0) is 4.79 Å². The van der Waals surface area contributed by atoms with Gasteiger partial charge >= 0.3 is 6.18 Å². The Morgan fingerprint density at radius 1 is 1.24 bits per heavy atom. The summed E-state index contributed by atoms with van der Waals surface area (Å²) in [7, 11) is 0. The fraction of sp³-hybridized carbons (Fsp3) is 0.583. The van der Waals surface area contributed by atoms with Crippen LogP contribution in [0.4, 0.5) is 24.9 Å². The number of alkyl halides is 3. The van der Waals surface area contributed by atoms with Gasteiger partial charge in [0.1, 0.15) is 12.2 Å². The van der Waals surface area contributed by atoms with Gasteiger partial charge in [-0.1, -0.05) is 0 Å². The molecule has 0 atom stereocenters. The van der Waals surface area contributed by atoms with Crippen molar-refractivity contribution in [2.75, 3.05) is 30.3 Å². The lowest BCUT2D eigenvalue weighted by Crippen LogP contribution is -2.32. The van der Waals surface area contributed by atoms with E-state index in [1.54, 1.807) is 13.0 Å². The first-order valence-corrected chi connectivity index (χ1v) is 6.47.